The minimum Gasteiger partial charge on any atom is -0.459 e. The molecule has 1 aromatic carbocycles. The Bertz CT molecular complexity index is 1290. The number of benzene rings is 1. The van der Waals surface area contributed by atoms with Crippen molar-refractivity contribution in [1.82, 2.24) is 15.2 Å². The number of carbonyl (C=O) groups excluding carboxylic acids is 2. The fourth-order valence-corrected chi connectivity index (χ4v) is 4.92. The number of nitrogens with zero attached hydrogens (tertiary/aromatic N) is 4. The van der Waals surface area contributed by atoms with Gasteiger partial charge >= 0.3 is 5.97 Å². The third-order valence-electron chi connectivity index (χ3n) is 5.54. The highest BCUT2D eigenvalue weighted by Crippen LogP contribution is 2.45. The van der Waals surface area contributed by atoms with E-state index in [1.807, 2.05) is 17.5 Å². The van der Waals surface area contributed by atoms with Gasteiger partial charge in [0.1, 0.15) is 0 Å². The van der Waals surface area contributed by atoms with Crippen LogP contribution in [0.5, 0.6) is 0 Å². The SMILES string of the molecule is CC1=C(C(=O)OC(C)C)C(c2cccc([N+](=O)[O-])c2)N2C(CC(=O)NCc3ccncc3)=CSC2=N1. The molecule has 36 heavy (non-hydrogen) atoms. The standard InChI is InChI=1S/C25H25N5O5S/c1-15(2)35-24(32)22-16(3)28-25-29(23(22)18-5-4-6-19(11-18)30(33)34)20(14-36-25)12-21(31)27-13-17-7-9-26-10-8-17/h4-11,14-15,23H,12-13H2,1-3H3,(H,27,31). The Balaban J connectivity index is 1.66. The summed E-state index contributed by atoms with van der Waals surface area (Å²) in [5.41, 5.74) is 2.71. The van der Waals surface area contributed by atoms with Gasteiger partial charge in [-0.05, 0) is 49.4 Å². The summed E-state index contributed by atoms with van der Waals surface area (Å²) in [6.07, 6.45) is 2.98. The molecular formula is C25H25N5O5S. The van der Waals surface area contributed by atoms with Crippen LogP contribution in [0.25, 0.3) is 0 Å². The predicted octanol–water partition coefficient (Wildman–Crippen LogP) is 4.22. The molecule has 0 bridgehead atoms. The molecule has 1 aromatic heterocycles. The van der Waals surface area contributed by atoms with E-state index in [0.29, 0.717) is 28.7 Å². The van der Waals surface area contributed by atoms with E-state index in [4.69, 9.17) is 4.74 Å². The van der Waals surface area contributed by atoms with Gasteiger partial charge in [-0.3, -0.25) is 19.9 Å². The highest BCUT2D eigenvalue weighted by Gasteiger charge is 2.41. The lowest BCUT2D eigenvalue weighted by Gasteiger charge is -2.36. The Hall–Kier alpha value is -3.99. The van der Waals surface area contributed by atoms with Crippen molar-refractivity contribution in [2.24, 2.45) is 4.99 Å². The third kappa shape index (κ3) is 5.46. The second kappa shape index (κ2) is 10.7. The number of non-ortho nitro benzene ring substituents is 1. The number of amidine groups is 1. The van der Waals surface area contributed by atoms with Crippen molar-refractivity contribution in [2.45, 2.75) is 45.9 Å². The van der Waals surface area contributed by atoms with Crippen molar-refractivity contribution in [3.63, 3.8) is 0 Å². The van der Waals surface area contributed by atoms with Gasteiger partial charge in [0.2, 0.25) is 5.91 Å². The van der Waals surface area contributed by atoms with E-state index in [9.17, 15) is 19.7 Å². The first-order valence-electron chi connectivity index (χ1n) is 11.3. The molecule has 0 radical (unpaired) electrons. The van der Waals surface area contributed by atoms with Crippen molar-refractivity contribution in [3.8, 4) is 0 Å². The molecule has 0 aliphatic carbocycles. The molecule has 10 nitrogen and oxygen atoms in total. The van der Waals surface area contributed by atoms with Crippen LogP contribution < -0.4 is 5.32 Å². The average molecular weight is 508 g/mol. The molecular weight excluding hydrogens is 482 g/mol. The summed E-state index contributed by atoms with van der Waals surface area (Å²) in [4.78, 5) is 47.4. The number of allylic oxidation sites excluding steroid dienone is 1. The number of ether oxygens (including phenoxy) is 1. The van der Waals surface area contributed by atoms with Gasteiger partial charge in [-0.2, -0.15) is 0 Å². The summed E-state index contributed by atoms with van der Waals surface area (Å²) < 4.78 is 5.50. The van der Waals surface area contributed by atoms with Crippen molar-refractivity contribution >= 4 is 34.5 Å². The molecule has 0 fully saturated rings. The second-order valence-electron chi connectivity index (χ2n) is 8.51. The minimum atomic E-state index is -0.738. The van der Waals surface area contributed by atoms with Gasteiger partial charge in [0.05, 0.1) is 34.8 Å². The summed E-state index contributed by atoms with van der Waals surface area (Å²) in [6.45, 7) is 5.56. The van der Waals surface area contributed by atoms with Crippen LogP contribution in [0.4, 0.5) is 5.69 Å². The number of hydrogen-bond acceptors (Lipinski definition) is 9. The number of nitrogens with one attached hydrogen (secondary N) is 1. The maximum Gasteiger partial charge on any atom is 0.338 e. The first kappa shape index (κ1) is 25.1. The molecule has 0 spiro atoms. The number of thioether (sulfide) groups is 1. The number of aromatic nitrogens is 1. The van der Waals surface area contributed by atoms with E-state index in [2.05, 4.69) is 15.3 Å². The Kier molecular flexibility index (Phi) is 7.49. The van der Waals surface area contributed by atoms with Crippen molar-refractivity contribution in [1.29, 1.82) is 0 Å². The highest BCUT2D eigenvalue weighted by molar-refractivity contribution is 8.16. The van der Waals surface area contributed by atoms with Crippen LogP contribution in [-0.4, -0.2) is 38.0 Å². The van der Waals surface area contributed by atoms with E-state index in [1.165, 1.54) is 23.9 Å². The second-order valence-corrected chi connectivity index (χ2v) is 9.34. The number of nitro groups is 1. The van der Waals surface area contributed by atoms with E-state index < -0.39 is 16.9 Å². The molecule has 11 heteroatoms. The third-order valence-corrected chi connectivity index (χ3v) is 6.43. The summed E-state index contributed by atoms with van der Waals surface area (Å²) >= 11 is 1.34. The monoisotopic (exact) mass is 507 g/mol. The van der Waals surface area contributed by atoms with E-state index in [1.54, 1.807) is 50.2 Å². The molecule has 1 unspecified atom stereocenters. The van der Waals surface area contributed by atoms with E-state index >= 15 is 0 Å². The fraction of sp³-hybridized carbons (Fsp3) is 0.280. The Morgan fingerprint density at radius 2 is 2.00 bits per heavy atom. The van der Waals surface area contributed by atoms with Crippen LogP contribution in [0.1, 0.15) is 44.4 Å². The average Bonchev–Trinajstić information content (AvgIpc) is 3.23. The number of fused-ring (bicyclic) bond motifs is 1. The van der Waals surface area contributed by atoms with Crippen LogP contribution in [0.15, 0.2) is 76.2 Å². The fourth-order valence-electron chi connectivity index (χ4n) is 3.96. The Morgan fingerprint density at radius 1 is 1.25 bits per heavy atom. The largest absolute Gasteiger partial charge is 0.459 e. The molecule has 1 atom stereocenters. The maximum atomic E-state index is 13.2. The first-order valence-corrected chi connectivity index (χ1v) is 12.2. The van der Waals surface area contributed by atoms with Gasteiger partial charge in [0, 0.05) is 36.8 Å². The van der Waals surface area contributed by atoms with Crippen LogP contribution in [0.3, 0.4) is 0 Å². The van der Waals surface area contributed by atoms with Crippen LogP contribution in [-0.2, 0) is 20.9 Å². The number of nitro benzene ring substituents is 1. The first-order chi connectivity index (χ1) is 17.2. The smallest absolute Gasteiger partial charge is 0.338 e. The van der Waals surface area contributed by atoms with Gasteiger partial charge < -0.3 is 15.0 Å². The number of rotatable bonds is 8. The quantitative estimate of drug-likeness (QED) is 0.320. The molecule has 2 aliphatic heterocycles. The molecule has 0 saturated carbocycles. The van der Waals surface area contributed by atoms with Crippen molar-refractivity contribution < 1.29 is 19.2 Å². The van der Waals surface area contributed by atoms with E-state index in [0.717, 1.165) is 5.56 Å². The van der Waals surface area contributed by atoms with Gasteiger partial charge in [-0.25, -0.2) is 9.79 Å². The summed E-state index contributed by atoms with van der Waals surface area (Å²) in [6, 6.07) is 9.03. The zero-order valence-corrected chi connectivity index (χ0v) is 20.8. The minimum absolute atomic E-state index is 0.0358. The van der Waals surface area contributed by atoms with Gasteiger partial charge in [-0.1, -0.05) is 23.9 Å². The molecule has 1 N–H and O–H groups in total. The van der Waals surface area contributed by atoms with Gasteiger partial charge in [0.15, 0.2) is 5.17 Å². The van der Waals surface area contributed by atoms with E-state index in [-0.39, 0.29) is 29.7 Å². The zero-order valence-electron chi connectivity index (χ0n) is 20.0. The van der Waals surface area contributed by atoms with Crippen LogP contribution in [0.2, 0.25) is 0 Å². The molecule has 2 aromatic rings. The molecule has 1 amide bonds. The normalized spacial score (nSPS) is 16.9. The van der Waals surface area contributed by atoms with Gasteiger partial charge in [0.25, 0.3) is 5.69 Å². The van der Waals surface area contributed by atoms with Crippen LogP contribution in [0, 0.1) is 10.1 Å². The maximum absolute atomic E-state index is 13.2. The molecule has 0 saturated heterocycles. The zero-order chi connectivity index (χ0) is 25.8. The lowest BCUT2D eigenvalue weighted by molar-refractivity contribution is -0.384. The number of carbonyl (C=O) groups is 2. The summed E-state index contributed by atoms with van der Waals surface area (Å²) in [5, 5.41) is 16.8. The molecule has 4 rings (SSSR count). The summed E-state index contributed by atoms with van der Waals surface area (Å²) in [5.74, 6) is -0.768. The van der Waals surface area contributed by atoms with Crippen molar-refractivity contribution in [2.75, 3.05) is 0 Å². The molecule has 2 aliphatic rings. The topological polar surface area (TPSA) is 127 Å². The van der Waals surface area contributed by atoms with Crippen LogP contribution >= 0.6 is 11.8 Å². The molecule has 186 valence electrons. The number of hydrogen-bond donors (Lipinski definition) is 1. The number of aliphatic imine (C=N–C) groups is 1. The lowest BCUT2D eigenvalue weighted by atomic mass is 9.93. The summed E-state index contributed by atoms with van der Waals surface area (Å²) in [7, 11) is 0. The lowest BCUT2D eigenvalue weighted by Crippen LogP contribution is -2.38. The number of amides is 1. The Morgan fingerprint density at radius 3 is 2.69 bits per heavy atom. The Labute approximate surface area is 212 Å². The molecule has 3 heterocycles. The predicted molar refractivity (Wildman–Crippen MR) is 135 cm³/mol. The highest BCUT2D eigenvalue weighted by atomic mass is 32.2. The number of esters is 1. The van der Waals surface area contributed by atoms with Gasteiger partial charge in [-0.15, -0.1) is 0 Å². The number of pyridine rings is 1. The van der Waals surface area contributed by atoms with Crippen molar-refractivity contribution in [3.05, 3.63) is 92.4 Å².